The minimum atomic E-state index is -0.376. The Bertz CT molecular complexity index is 1790. The molecule has 5 heterocycles. The maximum atomic E-state index is 13.8. The van der Waals surface area contributed by atoms with Gasteiger partial charge < -0.3 is 39.0 Å². The van der Waals surface area contributed by atoms with Crippen LogP contribution in [-0.4, -0.2) is 72.3 Å². The van der Waals surface area contributed by atoms with E-state index in [4.69, 9.17) is 23.9 Å². The number of pyridine rings is 2. The molecular weight excluding hydrogens is 566 g/mol. The topological polar surface area (TPSA) is 134 Å². The van der Waals surface area contributed by atoms with Gasteiger partial charge in [-0.05, 0) is 30.7 Å². The number of nitrogens with one attached hydrogen (secondary N) is 2. The van der Waals surface area contributed by atoms with Gasteiger partial charge >= 0.3 is 6.03 Å². The van der Waals surface area contributed by atoms with E-state index in [0.29, 0.717) is 72.4 Å². The molecular formula is C31H35N7O6. The maximum Gasteiger partial charge on any atom is 0.328 e. The Labute approximate surface area is 253 Å². The van der Waals surface area contributed by atoms with Gasteiger partial charge in [0.25, 0.3) is 5.56 Å². The second-order valence-corrected chi connectivity index (χ2v) is 11.7. The minimum absolute atomic E-state index is 0.104. The summed E-state index contributed by atoms with van der Waals surface area (Å²) in [4.78, 5) is 38.5. The molecule has 44 heavy (non-hydrogen) atoms. The summed E-state index contributed by atoms with van der Waals surface area (Å²) in [5, 5.41) is 6.25. The van der Waals surface area contributed by atoms with E-state index in [9.17, 15) is 9.59 Å². The van der Waals surface area contributed by atoms with E-state index in [1.165, 1.54) is 10.9 Å². The Morgan fingerprint density at radius 2 is 1.89 bits per heavy atom. The minimum Gasteiger partial charge on any atom is -0.497 e. The highest BCUT2D eigenvalue weighted by atomic mass is 16.5. The zero-order valence-electron chi connectivity index (χ0n) is 25.1. The molecule has 1 saturated heterocycles. The molecule has 13 heteroatoms. The largest absolute Gasteiger partial charge is 0.497 e. The molecule has 1 aliphatic carbocycles. The van der Waals surface area contributed by atoms with E-state index >= 15 is 0 Å². The van der Waals surface area contributed by atoms with Crippen LogP contribution in [0.2, 0.25) is 0 Å². The molecule has 2 fully saturated rings. The standard InChI is InChI=1S/C31H35N7O6/c1-17-12-43-13-18-7-23(30(39)37(10-18)28-21-14-44-15-22(21)28)34-26-9-24(27-29(35-26)38(16-32-27)31(40)33-17)36(2)11-19-5-6-20(41-3)8-25(19)42-4/h5-10,16-17,21-22,28H,11-15H2,1-4H3,(H,33,40)(H,34,35)/t17-,21-,22+,28?/m1/s1. The fourth-order valence-electron chi connectivity index (χ4n) is 6.29. The van der Waals surface area contributed by atoms with Crippen molar-refractivity contribution in [3.8, 4) is 11.5 Å². The van der Waals surface area contributed by atoms with Gasteiger partial charge in [0.05, 0.1) is 52.4 Å². The van der Waals surface area contributed by atoms with Gasteiger partial charge in [-0.1, -0.05) is 0 Å². The van der Waals surface area contributed by atoms with Crippen LogP contribution in [0, 0.1) is 11.8 Å². The molecule has 7 rings (SSSR count). The molecule has 1 unspecified atom stereocenters. The van der Waals surface area contributed by atoms with E-state index in [0.717, 1.165) is 16.8 Å². The molecule has 1 amide bonds. The van der Waals surface area contributed by atoms with Crippen molar-refractivity contribution in [3.63, 3.8) is 0 Å². The van der Waals surface area contributed by atoms with Crippen molar-refractivity contribution in [2.45, 2.75) is 32.2 Å². The van der Waals surface area contributed by atoms with Crippen molar-refractivity contribution in [1.82, 2.24) is 24.4 Å². The first-order valence-electron chi connectivity index (χ1n) is 14.6. The number of hydrogen-bond donors (Lipinski definition) is 2. The number of ether oxygens (including phenoxy) is 4. The van der Waals surface area contributed by atoms with Crippen molar-refractivity contribution in [1.29, 1.82) is 0 Å². The summed E-state index contributed by atoms with van der Waals surface area (Å²) in [5.74, 6) is 2.47. The Kier molecular flexibility index (Phi) is 7.13. The number of rotatable bonds is 6. The van der Waals surface area contributed by atoms with E-state index in [1.807, 2.05) is 60.0 Å². The number of benzene rings is 1. The van der Waals surface area contributed by atoms with Crippen molar-refractivity contribution in [2.24, 2.45) is 11.8 Å². The zero-order chi connectivity index (χ0) is 30.5. The fraction of sp³-hybridized carbons (Fsp3) is 0.419. The molecule has 230 valence electrons. The number of anilines is 3. The van der Waals surface area contributed by atoms with E-state index < -0.39 is 0 Å². The first kappa shape index (κ1) is 28.2. The average molecular weight is 602 g/mol. The van der Waals surface area contributed by atoms with Crippen LogP contribution in [-0.2, 0) is 22.6 Å². The third-order valence-corrected chi connectivity index (χ3v) is 8.61. The number of hydrogen-bond acceptors (Lipinski definition) is 10. The van der Waals surface area contributed by atoms with E-state index in [2.05, 4.69) is 15.6 Å². The van der Waals surface area contributed by atoms with Crippen LogP contribution in [0.5, 0.6) is 11.5 Å². The number of aromatic nitrogens is 4. The van der Waals surface area contributed by atoms with Crippen molar-refractivity contribution >= 4 is 34.4 Å². The molecule has 13 nitrogen and oxygen atoms in total. The fourth-order valence-corrected chi connectivity index (χ4v) is 6.29. The third-order valence-electron chi connectivity index (χ3n) is 8.61. The second kappa shape index (κ2) is 11.1. The number of carbonyl (C=O) groups excluding carboxylic acids is 1. The first-order chi connectivity index (χ1) is 21.3. The number of methoxy groups -OCH3 is 2. The molecule has 2 aliphatic heterocycles. The summed E-state index contributed by atoms with van der Waals surface area (Å²) in [6.45, 7) is 4.25. The van der Waals surface area contributed by atoms with Crippen LogP contribution in [0.3, 0.4) is 0 Å². The molecule has 0 radical (unpaired) electrons. The van der Waals surface area contributed by atoms with Crippen molar-refractivity contribution < 1.29 is 23.7 Å². The zero-order valence-corrected chi connectivity index (χ0v) is 25.1. The normalized spacial score (nSPS) is 22.6. The lowest BCUT2D eigenvalue weighted by atomic mass is 10.1. The van der Waals surface area contributed by atoms with Crippen LogP contribution in [0.15, 0.2) is 47.7 Å². The molecule has 4 aromatic rings. The summed E-state index contributed by atoms with van der Waals surface area (Å²) in [6, 6.07) is 8.78. The summed E-state index contributed by atoms with van der Waals surface area (Å²) < 4.78 is 25.7. The molecule has 3 aliphatic rings. The van der Waals surface area contributed by atoms with Gasteiger partial charge in [0.2, 0.25) is 0 Å². The quantitative estimate of drug-likeness (QED) is 0.339. The lowest BCUT2D eigenvalue weighted by Gasteiger charge is -2.23. The molecule has 3 aromatic heterocycles. The molecule has 4 bridgehead atoms. The SMILES string of the molecule is COc1ccc(CN(C)c2cc3nc4c2ncn4C(=O)N[C@H](C)COCc2cc(c(=O)n(C4[C@H]5COC[C@@H]45)c2)N3)c(OC)c1. The highest BCUT2D eigenvalue weighted by molar-refractivity contribution is 5.95. The predicted octanol–water partition coefficient (Wildman–Crippen LogP) is 3.28. The molecule has 1 aromatic carbocycles. The number of carbonyl (C=O) groups is 1. The molecule has 0 spiro atoms. The van der Waals surface area contributed by atoms with Crippen molar-refractivity contribution in [3.05, 3.63) is 64.3 Å². The van der Waals surface area contributed by atoms with Gasteiger partial charge in [-0.25, -0.2) is 19.3 Å². The van der Waals surface area contributed by atoms with Gasteiger partial charge in [-0.15, -0.1) is 0 Å². The van der Waals surface area contributed by atoms with Gasteiger partial charge in [0.1, 0.15) is 34.8 Å². The van der Waals surface area contributed by atoms with Crippen LogP contribution < -0.4 is 30.6 Å². The summed E-state index contributed by atoms with van der Waals surface area (Å²) in [6.07, 6.45) is 3.35. The highest BCUT2D eigenvalue weighted by Gasteiger charge is 2.55. The first-order valence-corrected chi connectivity index (χ1v) is 14.6. The monoisotopic (exact) mass is 601 g/mol. The number of nitrogens with zero attached hydrogens (tertiary/aromatic N) is 5. The van der Waals surface area contributed by atoms with E-state index in [1.54, 1.807) is 14.2 Å². The van der Waals surface area contributed by atoms with Crippen LogP contribution in [0.4, 0.5) is 22.0 Å². The van der Waals surface area contributed by atoms with Crippen LogP contribution in [0.25, 0.3) is 11.2 Å². The van der Waals surface area contributed by atoms with Gasteiger partial charge in [-0.2, -0.15) is 0 Å². The predicted molar refractivity (Wildman–Crippen MR) is 163 cm³/mol. The van der Waals surface area contributed by atoms with Crippen LogP contribution >= 0.6 is 0 Å². The Balaban J connectivity index is 1.32. The summed E-state index contributed by atoms with van der Waals surface area (Å²) in [7, 11) is 5.16. The van der Waals surface area contributed by atoms with Gasteiger partial charge in [0, 0.05) is 55.4 Å². The van der Waals surface area contributed by atoms with E-state index in [-0.39, 0.29) is 30.3 Å². The lowest BCUT2D eigenvalue weighted by molar-refractivity contribution is 0.104. The smallest absolute Gasteiger partial charge is 0.328 e. The Morgan fingerprint density at radius 1 is 1.07 bits per heavy atom. The highest BCUT2D eigenvalue weighted by Crippen LogP contribution is 2.54. The summed E-state index contributed by atoms with van der Waals surface area (Å²) in [5.41, 5.74) is 3.63. The number of amides is 1. The Hall–Kier alpha value is -4.62. The maximum absolute atomic E-state index is 13.8. The van der Waals surface area contributed by atoms with Crippen molar-refractivity contribution in [2.75, 3.05) is 51.3 Å². The molecule has 4 atom stereocenters. The van der Waals surface area contributed by atoms with Gasteiger partial charge in [0.15, 0.2) is 5.65 Å². The van der Waals surface area contributed by atoms with Crippen LogP contribution in [0.1, 0.15) is 24.1 Å². The lowest BCUT2D eigenvalue weighted by Crippen LogP contribution is -2.38. The average Bonchev–Trinajstić information content (AvgIpc) is 3.31. The second-order valence-electron chi connectivity index (χ2n) is 11.7. The number of imidazole rings is 1. The molecule has 2 N–H and O–H groups in total. The summed E-state index contributed by atoms with van der Waals surface area (Å²) >= 11 is 0. The number of fused-ring (bicyclic) bond motifs is 4. The van der Waals surface area contributed by atoms with Gasteiger partial charge in [-0.3, -0.25) is 4.79 Å². The molecule has 1 saturated carbocycles. The third kappa shape index (κ3) is 5.01. The Morgan fingerprint density at radius 3 is 2.66 bits per heavy atom.